The van der Waals surface area contributed by atoms with Crippen LogP contribution in [0.1, 0.15) is 12.8 Å². The first-order valence-electron chi connectivity index (χ1n) is 6.10. The molecule has 3 heteroatoms. The normalized spacial score (nSPS) is 17.2. The quantitative estimate of drug-likeness (QED) is 0.858. The number of aromatic nitrogens is 1. The molecule has 2 heterocycles. The van der Waals surface area contributed by atoms with E-state index in [1.54, 1.807) is 0 Å². The summed E-state index contributed by atoms with van der Waals surface area (Å²) in [6.45, 7) is 1.73. The van der Waals surface area contributed by atoms with Gasteiger partial charge in [-0.05, 0) is 25.0 Å². The average molecular weight is 228 g/mol. The highest BCUT2D eigenvalue weighted by Crippen LogP contribution is 2.24. The van der Waals surface area contributed by atoms with Crippen LogP contribution in [0.2, 0.25) is 0 Å². The van der Waals surface area contributed by atoms with Crippen LogP contribution in [0.25, 0.3) is 10.8 Å². The maximum Gasteiger partial charge on any atom is 0.0485 e. The fraction of sp³-hybridized carbons (Fsp3) is 0.357. The minimum absolute atomic E-state index is 0.530. The second-order valence-corrected chi connectivity index (χ2v) is 4.43. The van der Waals surface area contributed by atoms with Crippen molar-refractivity contribution in [2.75, 3.05) is 18.5 Å². The highest BCUT2D eigenvalue weighted by molar-refractivity contribution is 5.93. The largest absolute Gasteiger partial charge is 0.382 e. The van der Waals surface area contributed by atoms with Gasteiger partial charge in [0.2, 0.25) is 0 Å². The van der Waals surface area contributed by atoms with Gasteiger partial charge >= 0.3 is 0 Å². The van der Waals surface area contributed by atoms with Crippen LogP contribution in [0.3, 0.4) is 0 Å². The molecule has 0 unspecified atom stereocenters. The van der Waals surface area contributed by atoms with E-state index in [1.807, 2.05) is 12.4 Å². The van der Waals surface area contributed by atoms with Crippen LogP contribution >= 0.6 is 0 Å². The molecule has 0 amide bonds. The van der Waals surface area contributed by atoms with Crippen LogP contribution in [0.15, 0.2) is 36.7 Å². The summed E-state index contributed by atoms with van der Waals surface area (Å²) in [4.78, 5) is 4.15. The molecule has 1 aromatic carbocycles. The standard InChI is InChI=1S/C14H16N2O/c1-2-11-10-15-7-4-13(11)14(3-1)16-12-5-8-17-9-6-12/h1-4,7,10,12,16H,5-6,8-9H2. The lowest BCUT2D eigenvalue weighted by Gasteiger charge is -2.24. The predicted octanol–water partition coefficient (Wildman–Crippen LogP) is 2.83. The van der Waals surface area contributed by atoms with E-state index in [9.17, 15) is 0 Å². The number of nitrogens with one attached hydrogen (secondary N) is 1. The van der Waals surface area contributed by atoms with Crippen molar-refractivity contribution in [3.05, 3.63) is 36.7 Å². The first kappa shape index (κ1) is 10.5. The molecule has 88 valence electrons. The minimum Gasteiger partial charge on any atom is -0.382 e. The molecular formula is C14H16N2O. The van der Waals surface area contributed by atoms with E-state index in [-0.39, 0.29) is 0 Å². The summed E-state index contributed by atoms with van der Waals surface area (Å²) < 4.78 is 5.37. The van der Waals surface area contributed by atoms with Gasteiger partial charge in [0.05, 0.1) is 0 Å². The van der Waals surface area contributed by atoms with Gasteiger partial charge < -0.3 is 10.1 Å². The molecule has 1 N–H and O–H groups in total. The zero-order valence-electron chi connectivity index (χ0n) is 9.73. The fourth-order valence-electron chi connectivity index (χ4n) is 2.31. The van der Waals surface area contributed by atoms with E-state index >= 15 is 0 Å². The molecule has 17 heavy (non-hydrogen) atoms. The molecule has 1 aliphatic rings. The average Bonchev–Trinajstić information content (AvgIpc) is 2.40. The molecule has 0 aliphatic carbocycles. The SMILES string of the molecule is c1cc(NC2CCOCC2)c2ccncc2c1. The molecule has 0 bridgehead atoms. The van der Waals surface area contributed by atoms with Gasteiger partial charge in [-0.15, -0.1) is 0 Å². The third-order valence-corrected chi connectivity index (χ3v) is 3.26. The maximum atomic E-state index is 5.37. The monoisotopic (exact) mass is 228 g/mol. The van der Waals surface area contributed by atoms with Gasteiger partial charge in [0.1, 0.15) is 0 Å². The molecule has 1 fully saturated rings. The lowest BCUT2D eigenvalue weighted by Crippen LogP contribution is -2.27. The first-order valence-corrected chi connectivity index (χ1v) is 6.10. The second kappa shape index (κ2) is 4.72. The van der Waals surface area contributed by atoms with Gasteiger partial charge in [-0.1, -0.05) is 12.1 Å². The van der Waals surface area contributed by atoms with Crippen molar-refractivity contribution in [3.8, 4) is 0 Å². The van der Waals surface area contributed by atoms with E-state index < -0.39 is 0 Å². The van der Waals surface area contributed by atoms with Gasteiger partial charge in [0.25, 0.3) is 0 Å². The Morgan fingerprint density at radius 3 is 2.94 bits per heavy atom. The summed E-state index contributed by atoms with van der Waals surface area (Å²) in [5.74, 6) is 0. The zero-order chi connectivity index (χ0) is 11.5. The van der Waals surface area contributed by atoms with Gasteiger partial charge in [0.15, 0.2) is 0 Å². The summed E-state index contributed by atoms with van der Waals surface area (Å²) in [6.07, 6.45) is 5.92. The summed E-state index contributed by atoms with van der Waals surface area (Å²) in [7, 11) is 0. The number of fused-ring (bicyclic) bond motifs is 1. The number of benzene rings is 1. The summed E-state index contributed by atoms with van der Waals surface area (Å²) in [5.41, 5.74) is 1.21. The van der Waals surface area contributed by atoms with Crippen molar-refractivity contribution in [3.63, 3.8) is 0 Å². The molecule has 2 aromatic rings. The highest BCUT2D eigenvalue weighted by atomic mass is 16.5. The van der Waals surface area contributed by atoms with E-state index in [0.717, 1.165) is 26.1 Å². The number of rotatable bonds is 2. The van der Waals surface area contributed by atoms with E-state index in [1.165, 1.54) is 16.5 Å². The smallest absolute Gasteiger partial charge is 0.0485 e. The molecule has 0 spiro atoms. The topological polar surface area (TPSA) is 34.1 Å². The summed E-state index contributed by atoms with van der Waals surface area (Å²) in [5, 5.41) is 6.05. The lowest BCUT2D eigenvalue weighted by atomic mass is 10.1. The molecule has 1 aromatic heterocycles. The Morgan fingerprint density at radius 1 is 1.18 bits per heavy atom. The number of ether oxygens (including phenoxy) is 1. The molecular weight excluding hydrogens is 212 g/mol. The maximum absolute atomic E-state index is 5.37. The van der Waals surface area contributed by atoms with Crippen molar-refractivity contribution < 1.29 is 4.74 Å². The van der Waals surface area contributed by atoms with Crippen LogP contribution in [0, 0.1) is 0 Å². The Labute approximate surface area is 101 Å². The molecule has 0 saturated carbocycles. The molecule has 3 rings (SSSR count). The predicted molar refractivity (Wildman–Crippen MR) is 69.2 cm³/mol. The minimum atomic E-state index is 0.530. The fourth-order valence-corrected chi connectivity index (χ4v) is 2.31. The Hall–Kier alpha value is -1.61. The second-order valence-electron chi connectivity index (χ2n) is 4.43. The van der Waals surface area contributed by atoms with Crippen molar-refractivity contribution in [1.82, 2.24) is 4.98 Å². The Kier molecular flexibility index (Phi) is 2.92. The van der Waals surface area contributed by atoms with E-state index in [0.29, 0.717) is 6.04 Å². The molecule has 3 nitrogen and oxygen atoms in total. The van der Waals surface area contributed by atoms with Crippen molar-refractivity contribution >= 4 is 16.5 Å². The highest BCUT2D eigenvalue weighted by Gasteiger charge is 2.14. The number of anilines is 1. The number of nitrogens with zero attached hydrogens (tertiary/aromatic N) is 1. The van der Waals surface area contributed by atoms with Crippen LogP contribution in [-0.2, 0) is 4.74 Å². The van der Waals surface area contributed by atoms with Crippen LogP contribution in [0.4, 0.5) is 5.69 Å². The van der Waals surface area contributed by atoms with Gasteiger partial charge in [-0.25, -0.2) is 0 Å². The zero-order valence-corrected chi connectivity index (χ0v) is 9.73. The van der Waals surface area contributed by atoms with Gasteiger partial charge in [0, 0.05) is 48.1 Å². The van der Waals surface area contributed by atoms with Gasteiger partial charge in [-0.2, -0.15) is 0 Å². The summed E-state index contributed by atoms with van der Waals surface area (Å²) >= 11 is 0. The Bertz CT molecular complexity index is 501. The van der Waals surface area contributed by atoms with Crippen molar-refractivity contribution in [2.24, 2.45) is 0 Å². The Morgan fingerprint density at radius 2 is 2.06 bits per heavy atom. The third kappa shape index (κ3) is 2.24. The van der Waals surface area contributed by atoms with Crippen molar-refractivity contribution in [1.29, 1.82) is 0 Å². The molecule has 1 aliphatic heterocycles. The van der Waals surface area contributed by atoms with Crippen LogP contribution < -0.4 is 5.32 Å². The number of hydrogen-bond donors (Lipinski definition) is 1. The van der Waals surface area contributed by atoms with E-state index in [2.05, 4.69) is 34.6 Å². The van der Waals surface area contributed by atoms with Crippen LogP contribution in [0.5, 0.6) is 0 Å². The molecule has 0 radical (unpaired) electrons. The number of pyridine rings is 1. The first-order chi connectivity index (χ1) is 8.43. The Balaban J connectivity index is 1.89. The van der Waals surface area contributed by atoms with Crippen LogP contribution in [-0.4, -0.2) is 24.2 Å². The van der Waals surface area contributed by atoms with Gasteiger partial charge in [-0.3, -0.25) is 4.98 Å². The summed E-state index contributed by atoms with van der Waals surface area (Å²) in [6, 6.07) is 8.90. The molecule has 0 atom stereocenters. The number of hydrogen-bond acceptors (Lipinski definition) is 3. The van der Waals surface area contributed by atoms with Crippen molar-refractivity contribution in [2.45, 2.75) is 18.9 Å². The molecule has 1 saturated heterocycles. The lowest BCUT2D eigenvalue weighted by molar-refractivity contribution is 0.0905. The third-order valence-electron chi connectivity index (χ3n) is 3.26. The van der Waals surface area contributed by atoms with E-state index in [4.69, 9.17) is 4.74 Å².